The van der Waals surface area contributed by atoms with Crippen LogP contribution in [0.25, 0.3) is 0 Å². The molecule has 0 amide bonds. The van der Waals surface area contributed by atoms with Crippen molar-refractivity contribution in [2.75, 3.05) is 0 Å². The summed E-state index contributed by atoms with van der Waals surface area (Å²) in [4.78, 5) is 0. The number of halogens is 2. The fraction of sp³-hybridized carbons (Fsp3) is 0.300. The predicted molar refractivity (Wildman–Crippen MR) is 92.2 cm³/mol. The van der Waals surface area contributed by atoms with E-state index in [1.165, 1.54) is 17.7 Å². The van der Waals surface area contributed by atoms with Crippen molar-refractivity contribution < 1.29 is 8.78 Å². The first-order valence-corrected chi connectivity index (χ1v) is 7.21. The van der Waals surface area contributed by atoms with Gasteiger partial charge in [0.1, 0.15) is 11.6 Å². The van der Waals surface area contributed by atoms with Gasteiger partial charge in [-0.1, -0.05) is 29.8 Å². The van der Waals surface area contributed by atoms with E-state index in [0.717, 1.165) is 11.1 Å². The van der Waals surface area contributed by atoms with Crippen molar-refractivity contribution in [1.82, 2.24) is 0 Å². The molecular formula is C20H26F2. The maximum atomic E-state index is 12.6. The van der Waals surface area contributed by atoms with Gasteiger partial charge in [0.05, 0.1) is 0 Å². The first-order chi connectivity index (χ1) is 10.1. The minimum Gasteiger partial charge on any atom is -0.207 e. The fourth-order valence-corrected chi connectivity index (χ4v) is 1.40. The number of aryl methyl sites for hydroxylation is 4. The zero-order chi connectivity index (χ0) is 17.3. The van der Waals surface area contributed by atoms with E-state index >= 15 is 0 Å². The molecule has 2 heteroatoms. The third kappa shape index (κ3) is 9.06. The summed E-state index contributed by atoms with van der Waals surface area (Å²) in [5, 5.41) is 0. The molecule has 0 radical (unpaired) electrons. The Kier molecular flexibility index (Phi) is 9.00. The highest BCUT2D eigenvalue weighted by Gasteiger charge is 1.94. The SMILES string of the molecule is C=C(C)C.Cc1ccc(C)c(F)c1.Cc1ccc(C)c(F)c1. The molecule has 0 heterocycles. The largest absolute Gasteiger partial charge is 0.207 e. The van der Waals surface area contributed by atoms with Gasteiger partial charge in [0.2, 0.25) is 0 Å². The zero-order valence-electron chi connectivity index (χ0n) is 14.4. The second kappa shape index (κ2) is 9.88. The molecule has 0 atom stereocenters. The highest BCUT2D eigenvalue weighted by atomic mass is 19.1. The molecule has 0 saturated heterocycles. The van der Waals surface area contributed by atoms with Crippen LogP contribution >= 0.6 is 0 Å². The van der Waals surface area contributed by atoms with Crippen LogP contribution < -0.4 is 0 Å². The van der Waals surface area contributed by atoms with Crippen LogP contribution in [0.2, 0.25) is 0 Å². The molecule has 0 nitrogen and oxygen atoms in total. The average molecular weight is 304 g/mol. The van der Waals surface area contributed by atoms with Gasteiger partial charge in [0, 0.05) is 0 Å². The van der Waals surface area contributed by atoms with Crippen molar-refractivity contribution in [2.24, 2.45) is 0 Å². The van der Waals surface area contributed by atoms with E-state index in [0.29, 0.717) is 11.1 Å². The molecule has 2 rings (SSSR count). The molecule has 0 aliphatic carbocycles. The van der Waals surface area contributed by atoms with Crippen LogP contribution in [0.4, 0.5) is 8.78 Å². The van der Waals surface area contributed by atoms with E-state index in [-0.39, 0.29) is 11.6 Å². The molecule has 2 aromatic rings. The van der Waals surface area contributed by atoms with Crippen LogP contribution in [0.3, 0.4) is 0 Å². The molecule has 0 unspecified atom stereocenters. The summed E-state index contributed by atoms with van der Waals surface area (Å²) in [6.45, 7) is 14.8. The lowest BCUT2D eigenvalue weighted by molar-refractivity contribution is 0.617. The minimum atomic E-state index is -0.116. The summed E-state index contributed by atoms with van der Waals surface area (Å²) in [5.74, 6) is -0.231. The van der Waals surface area contributed by atoms with E-state index < -0.39 is 0 Å². The normalized spacial score (nSPS) is 9.09. The summed E-state index contributed by atoms with van der Waals surface area (Å²) in [5.41, 5.74) is 4.53. The summed E-state index contributed by atoms with van der Waals surface area (Å²) in [6.07, 6.45) is 0. The molecule has 0 spiro atoms. The van der Waals surface area contributed by atoms with Crippen LogP contribution in [0.15, 0.2) is 48.6 Å². The molecular weight excluding hydrogens is 278 g/mol. The zero-order valence-corrected chi connectivity index (χ0v) is 14.4. The second-order valence-corrected chi connectivity index (χ2v) is 5.71. The van der Waals surface area contributed by atoms with E-state index in [2.05, 4.69) is 6.58 Å². The highest BCUT2D eigenvalue weighted by molar-refractivity contribution is 5.22. The Bertz CT molecular complexity index is 560. The van der Waals surface area contributed by atoms with Gasteiger partial charge in [-0.05, 0) is 75.9 Å². The van der Waals surface area contributed by atoms with Crippen LogP contribution in [0.1, 0.15) is 36.1 Å². The smallest absolute Gasteiger partial charge is 0.126 e. The van der Waals surface area contributed by atoms with Crippen molar-refractivity contribution >= 4 is 0 Å². The number of rotatable bonds is 0. The quantitative estimate of drug-likeness (QED) is 0.489. The Hall–Kier alpha value is -1.96. The Labute approximate surface area is 133 Å². The molecule has 0 bridgehead atoms. The molecule has 2 aromatic carbocycles. The van der Waals surface area contributed by atoms with E-state index in [1.54, 1.807) is 26.0 Å². The van der Waals surface area contributed by atoms with Gasteiger partial charge in [-0.3, -0.25) is 0 Å². The molecule has 120 valence electrons. The Balaban J connectivity index is 0.000000326. The topological polar surface area (TPSA) is 0 Å². The lowest BCUT2D eigenvalue weighted by Crippen LogP contribution is -1.81. The monoisotopic (exact) mass is 304 g/mol. The van der Waals surface area contributed by atoms with Gasteiger partial charge in [-0.2, -0.15) is 0 Å². The first kappa shape index (κ1) is 20.0. The fourth-order valence-electron chi connectivity index (χ4n) is 1.40. The van der Waals surface area contributed by atoms with Crippen molar-refractivity contribution in [3.63, 3.8) is 0 Å². The van der Waals surface area contributed by atoms with E-state index in [9.17, 15) is 8.78 Å². The van der Waals surface area contributed by atoms with Gasteiger partial charge >= 0.3 is 0 Å². The third-order valence-corrected chi connectivity index (χ3v) is 2.65. The lowest BCUT2D eigenvalue weighted by atomic mass is 10.2. The molecule has 0 saturated carbocycles. The first-order valence-electron chi connectivity index (χ1n) is 7.21. The van der Waals surface area contributed by atoms with E-state index in [1.807, 2.05) is 39.8 Å². The predicted octanol–water partition coefficient (Wildman–Crippen LogP) is 6.47. The maximum Gasteiger partial charge on any atom is 0.126 e. The van der Waals surface area contributed by atoms with Crippen LogP contribution in [0, 0.1) is 39.3 Å². The maximum absolute atomic E-state index is 12.6. The van der Waals surface area contributed by atoms with Crippen molar-refractivity contribution in [2.45, 2.75) is 41.5 Å². The number of allylic oxidation sites excluding steroid dienone is 1. The van der Waals surface area contributed by atoms with Gasteiger partial charge in [0.25, 0.3) is 0 Å². The number of hydrogen-bond donors (Lipinski definition) is 0. The molecule has 0 aliphatic heterocycles. The Morgan fingerprint density at radius 1 is 0.727 bits per heavy atom. The van der Waals surface area contributed by atoms with Crippen LogP contribution in [-0.2, 0) is 0 Å². The molecule has 0 aromatic heterocycles. The van der Waals surface area contributed by atoms with Gasteiger partial charge in [0.15, 0.2) is 0 Å². The summed E-state index contributed by atoms with van der Waals surface area (Å²) >= 11 is 0. The summed E-state index contributed by atoms with van der Waals surface area (Å²) in [6, 6.07) is 10.4. The molecule has 0 fully saturated rings. The van der Waals surface area contributed by atoms with Gasteiger partial charge < -0.3 is 0 Å². The van der Waals surface area contributed by atoms with Gasteiger partial charge in [-0.25, -0.2) is 8.78 Å². The van der Waals surface area contributed by atoms with Crippen molar-refractivity contribution in [3.8, 4) is 0 Å². The summed E-state index contributed by atoms with van der Waals surface area (Å²) in [7, 11) is 0. The third-order valence-electron chi connectivity index (χ3n) is 2.65. The highest BCUT2D eigenvalue weighted by Crippen LogP contribution is 2.07. The summed E-state index contributed by atoms with van der Waals surface area (Å²) < 4.78 is 25.2. The number of benzene rings is 2. The van der Waals surface area contributed by atoms with Crippen molar-refractivity contribution in [3.05, 3.63) is 82.4 Å². The van der Waals surface area contributed by atoms with Gasteiger partial charge in [-0.15, -0.1) is 6.58 Å². The standard InChI is InChI=1S/2C8H9F.C4H8/c2*1-6-3-4-7(2)8(9)5-6;1-4(2)3/h2*3-5H,1-2H3;1H2,2-3H3. The molecule has 0 aliphatic rings. The molecule has 0 N–H and O–H groups in total. The second-order valence-electron chi connectivity index (χ2n) is 5.71. The van der Waals surface area contributed by atoms with Crippen molar-refractivity contribution in [1.29, 1.82) is 0 Å². The van der Waals surface area contributed by atoms with Crippen LogP contribution in [-0.4, -0.2) is 0 Å². The number of hydrogen-bond acceptors (Lipinski definition) is 0. The Morgan fingerprint density at radius 3 is 1.18 bits per heavy atom. The van der Waals surface area contributed by atoms with E-state index in [4.69, 9.17) is 0 Å². The molecule has 22 heavy (non-hydrogen) atoms. The Morgan fingerprint density at radius 2 is 1.00 bits per heavy atom. The lowest BCUT2D eigenvalue weighted by Gasteiger charge is -1.94. The minimum absolute atomic E-state index is 0.116. The van der Waals surface area contributed by atoms with Crippen LogP contribution in [0.5, 0.6) is 0 Å². The average Bonchev–Trinajstić information content (AvgIpc) is 2.39.